The Kier molecular flexibility index (Phi) is 4.66. The lowest BCUT2D eigenvalue weighted by atomic mass is 10.1. The zero-order chi connectivity index (χ0) is 12.5. The molecule has 0 aromatic rings. The summed E-state index contributed by atoms with van der Waals surface area (Å²) < 4.78 is 83.0. The molecule has 0 aromatic carbocycles. The van der Waals surface area contributed by atoms with Gasteiger partial charge in [-0.05, 0) is 0 Å². The molecule has 0 aliphatic rings. The van der Waals surface area contributed by atoms with Crippen LogP contribution in [0.4, 0.5) is 30.7 Å². The van der Waals surface area contributed by atoms with Crippen molar-refractivity contribution in [2.45, 2.75) is 28.4 Å². The number of halogens is 8. The van der Waals surface area contributed by atoms with E-state index in [4.69, 9.17) is 5.11 Å². The average Bonchev–Trinajstić information content (AvgIpc) is 2.00. The van der Waals surface area contributed by atoms with Gasteiger partial charge in [-0.3, -0.25) is 0 Å². The second-order valence-electron chi connectivity index (χ2n) is 2.76. The standard InChI is InChI=1S/C6H6F7IO/c7-4(8,1-3(14)2-15)5(9,10)6(11,12)13/h3,15H,1-2H2/t3-/m0/s1. The van der Waals surface area contributed by atoms with Crippen LogP contribution in [0.25, 0.3) is 0 Å². The van der Waals surface area contributed by atoms with E-state index >= 15 is 0 Å². The van der Waals surface area contributed by atoms with E-state index in [2.05, 4.69) is 0 Å². The molecule has 1 N–H and O–H groups in total. The van der Waals surface area contributed by atoms with Crippen molar-refractivity contribution in [1.29, 1.82) is 0 Å². The molecule has 9 heteroatoms. The fraction of sp³-hybridized carbons (Fsp3) is 1.00. The molecule has 0 heterocycles. The van der Waals surface area contributed by atoms with Crippen molar-refractivity contribution in [3.05, 3.63) is 0 Å². The molecule has 0 aromatic heterocycles. The molecule has 0 amide bonds. The summed E-state index contributed by atoms with van der Waals surface area (Å²) in [4.78, 5) is 0. The minimum Gasteiger partial charge on any atom is -0.395 e. The Morgan fingerprint density at radius 2 is 1.40 bits per heavy atom. The number of aliphatic hydroxyl groups is 1. The molecule has 0 fully saturated rings. The summed E-state index contributed by atoms with van der Waals surface area (Å²) in [6.45, 7) is -0.899. The van der Waals surface area contributed by atoms with Gasteiger partial charge in [-0.2, -0.15) is 30.7 Å². The summed E-state index contributed by atoms with van der Waals surface area (Å²) in [5, 5.41) is 8.30. The van der Waals surface area contributed by atoms with E-state index in [9.17, 15) is 30.7 Å². The van der Waals surface area contributed by atoms with Crippen LogP contribution < -0.4 is 0 Å². The maximum absolute atomic E-state index is 12.5. The van der Waals surface area contributed by atoms with Gasteiger partial charge in [0.05, 0.1) is 6.61 Å². The van der Waals surface area contributed by atoms with Gasteiger partial charge >= 0.3 is 18.0 Å². The third kappa shape index (κ3) is 3.33. The molecule has 1 nitrogen and oxygen atoms in total. The van der Waals surface area contributed by atoms with Crippen LogP contribution in [-0.4, -0.2) is 33.7 Å². The second-order valence-corrected chi connectivity index (χ2v) is 4.52. The maximum atomic E-state index is 12.5. The van der Waals surface area contributed by atoms with E-state index in [0.717, 1.165) is 0 Å². The van der Waals surface area contributed by atoms with Crippen LogP contribution in [0.1, 0.15) is 6.42 Å². The van der Waals surface area contributed by atoms with Gasteiger partial charge in [0.1, 0.15) is 0 Å². The van der Waals surface area contributed by atoms with Crippen molar-refractivity contribution in [1.82, 2.24) is 0 Å². The molecule has 0 unspecified atom stereocenters. The van der Waals surface area contributed by atoms with Crippen LogP contribution in [0.15, 0.2) is 0 Å². The predicted molar refractivity (Wildman–Crippen MR) is 45.5 cm³/mol. The topological polar surface area (TPSA) is 20.2 Å². The molecule has 0 rings (SSSR count). The van der Waals surface area contributed by atoms with Crippen molar-refractivity contribution in [3.63, 3.8) is 0 Å². The molecule has 0 bridgehead atoms. The van der Waals surface area contributed by atoms with E-state index < -0.39 is 35.0 Å². The summed E-state index contributed by atoms with van der Waals surface area (Å²) in [7, 11) is 0. The van der Waals surface area contributed by atoms with Gasteiger partial charge in [-0.25, -0.2) is 0 Å². The lowest BCUT2D eigenvalue weighted by molar-refractivity contribution is -0.355. The fourth-order valence-corrected chi connectivity index (χ4v) is 1.23. The summed E-state index contributed by atoms with van der Waals surface area (Å²) in [5.74, 6) is -11.3. The van der Waals surface area contributed by atoms with E-state index in [1.165, 1.54) is 22.6 Å². The minimum atomic E-state index is -6.30. The molecule has 92 valence electrons. The van der Waals surface area contributed by atoms with Gasteiger partial charge < -0.3 is 5.11 Å². The second kappa shape index (κ2) is 4.60. The number of hydrogen-bond donors (Lipinski definition) is 1. The first-order chi connectivity index (χ1) is 6.45. The molecule has 0 saturated heterocycles. The molecule has 0 aliphatic heterocycles. The Hall–Kier alpha value is 0.200. The van der Waals surface area contributed by atoms with Gasteiger partial charge in [0.25, 0.3) is 0 Å². The summed E-state index contributed by atoms with van der Waals surface area (Å²) >= 11 is 1.17. The number of rotatable bonds is 4. The van der Waals surface area contributed by atoms with Crippen molar-refractivity contribution >= 4 is 22.6 Å². The molecule has 0 spiro atoms. The van der Waals surface area contributed by atoms with E-state index in [0.29, 0.717) is 0 Å². The quantitative estimate of drug-likeness (QED) is 0.468. The van der Waals surface area contributed by atoms with E-state index in [1.54, 1.807) is 0 Å². The lowest BCUT2D eigenvalue weighted by Gasteiger charge is -2.29. The average molecular weight is 354 g/mol. The monoisotopic (exact) mass is 354 g/mol. The Bertz CT molecular complexity index is 214. The normalized spacial score (nSPS) is 16.6. The van der Waals surface area contributed by atoms with Crippen molar-refractivity contribution in [3.8, 4) is 0 Å². The number of hydrogen-bond acceptors (Lipinski definition) is 1. The Morgan fingerprint density at radius 3 is 1.67 bits per heavy atom. The van der Waals surface area contributed by atoms with Gasteiger partial charge in [0.15, 0.2) is 0 Å². The Morgan fingerprint density at radius 1 is 1.00 bits per heavy atom. The third-order valence-electron chi connectivity index (χ3n) is 1.49. The number of alkyl halides is 8. The van der Waals surface area contributed by atoms with Crippen LogP contribution >= 0.6 is 22.6 Å². The van der Waals surface area contributed by atoms with Crippen LogP contribution in [-0.2, 0) is 0 Å². The van der Waals surface area contributed by atoms with Crippen LogP contribution in [0.5, 0.6) is 0 Å². The van der Waals surface area contributed by atoms with E-state index in [-0.39, 0.29) is 0 Å². The van der Waals surface area contributed by atoms with Crippen molar-refractivity contribution in [2.75, 3.05) is 6.61 Å². The summed E-state index contributed by atoms with van der Waals surface area (Å²) in [6.07, 6.45) is -8.04. The smallest absolute Gasteiger partial charge is 0.395 e. The van der Waals surface area contributed by atoms with Gasteiger partial charge in [-0.1, -0.05) is 22.6 Å². The van der Waals surface area contributed by atoms with E-state index in [1.807, 2.05) is 0 Å². The third-order valence-corrected chi connectivity index (χ3v) is 2.33. The highest BCUT2D eigenvalue weighted by Gasteiger charge is 2.72. The Balaban J connectivity index is 4.85. The predicted octanol–water partition coefficient (Wildman–Crippen LogP) is 3.01. The SMILES string of the molecule is OC[C@@H](I)CC(F)(F)C(F)(F)C(F)(F)F. The van der Waals surface area contributed by atoms with Crippen LogP contribution in [0, 0.1) is 0 Å². The first kappa shape index (κ1) is 15.2. The molecule has 0 saturated carbocycles. The van der Waals surface area contributed by atoms with Gasteiger partial charge in [0, 0.05) is 10.3 Å². The minimum absolute atomic E-state index is 0.899. The van der Waals surface area contributed by atoms with Gasteiger partial charge in [0.2, 0.25) is 0 Å². The summed E-state index contributed by atoms with van der Waals surface area (Å²) in [5.41, 5.74) is 0. The fourth-order valence-electron chi connectivity index (χ4n) is 0.678. The molecule has 0 radical (unpaired) electrons. The Labute approximate surface area is 93.8 Å². The lowest BCUT2D eigenvalue weighted by Crippen LogP contribution is -2.52. The van der Waals surface area contributed by atoms with Gasteiger partial charge in [-0.15, -0.1) is 0 Å². The molecule has 15 heavy (non-hydrogen) atoms. The number of aliphatic hydroxyl groups excluding tert-OH is 1. The molecule has 0 aliphatic carbocycles. The molecular formula is C6H6F7IO. The highest BCUT2D eigenvalue weighted by atomic mass is 127. The summed E-state index contributed by atoms with van der Waals surface area (Å²) in [6, 6.07) is 0. The molecule has 1 atom stereocenters. The van der Waals surface area contributed by atoms with Crippen LogP contribution in [0.2, 0.25) is 0 Å². The highest BCUT2D eigenvalue weighted by molar-refractivity contribution is 14.1. The first-order valence-corrected chi connectivity index (χ1v) is 4.77. The maximum Gasteiger partial charge on any atom is 0.459 e. The van der Waals surface area contributed by atoms with Crippen LogP contribution in [0.3, 0.4) is 0 Å². The zero-order valence-electron chi connectivity index (χ0n) is 6.96. The highest BCUT2D eigenvalue weighted by Crippen LogP contribution is 2.48. The first-order valence-electron chi connectivity index (χ1n) is 3.53. The zero-order valence-corrected chi connectivity index (χ0v) is 9.12. The van der Waals surface area contributed by atoms with Crippen molar-refractivity contribution < 1.29 is 35.8 Å². The largest absolute Gasteiger partial charge is 0.459 e. The van der Waals surface area contributed by atoms with Crippen molar-refractivity contribution in [2.24, 2.45) is 0 Å². The molecular weight excluding hydrogens is 348 g/mol.